The van der Waals surface area contributed by atoms with Crippen molar-refractivity contribution in [3.05, 3.63) is 51.7 Å². The van der Waals surface area contributed by atoms with Crippen molar-refractivity contribution in [3.63, 3.8) is 0 Å². The molecule has 0 radical (unpaired) electrons. The minimum Gasteiger partial charge on any atom is -0.495 e. The number of carbonyl (C=O) groups is 1. The molecule has 1 N–H and O–H groups in total. The van der Waals surface area contributed by atoms with Crippen LogP contribution in [-0.2, 0) is 0 Å². The van der Waals surface area contributed by atoms with E-state index in [2.05, 4.69) is 10.3 Å². The molecule has 3 aromatic rings. The molecule has 0 atom stereocenters. The Bertz CT molecular complexity index is 794. The van der Waals surface area contributed by atoms with E-state index >= 15 is 0 Å². The fourth-order valence-corrected chi connectivity index (χ4v) is 3.51. The number of anilines is 1. The fraction of sp³-hybridized carbons (Fsp3) is 0.125. The normalized spacial score (nSPS) is 10.5. The van der Waals surface area contributed by atoms with Gasteiger partial charge in [-0.1, -0.05) is 6.07 Å². The van der Waals surface area contributed by atoms with Gasteiger partial charge in [0.25, 0.3) is 5.91 Å². The lowest BCUT2D eigenvalue weighted by atomic mass is 10.2. The fourth-order valence-electron chi connectivity index (χ4n) is 2.00. The molecule has 0 aliphatic carbocycles. The van der Waals surface area contributed by atoms with Gasteiger partial charge in [0.05, 0.1) is 12.8 Å². The van der Waals surface area contributed by atoms with E-state index in [0.29, 0.717) is 17.1 Å². The van der Waals surface area contributed by atoms with Crippen molar-refractivity contribution in [2.45, 2.75) is 6.92 Å². The van der Waals surface area contributed by atoms with Gasteiger partial charge >= 0.3 is 0 Å². The third kappa shape index (κ3) is 3.03. The lowest BCUT2D eigenvalue weighted by Crippen LogP contribution is -2.13. The number of methoxy groups -OCH3 is 1. The number of amides is 1. The zero-order valence-electron chi connectivity index (χ0n) is 12.1. The highest BCUT2D eigenvalue weighted by atomic mass is 32.1. The van der Waals surface area contributed by atoms with E-state index in [9.17, 15) is 4.79 Å². The Morgan fingerprint density at radius 2 is 2.14 bits per heavy atom. The number of thiazole rings is 1. The Morgan fingerprint density at radius 1 is 1.27 bits per heavy atom. The van der Waals surface area contributed by atoms with Gasteiger partial charge in [0.15, 0.2) is 0 Å². The predicted octanol–water partition coefficient (Wildman–Crippen LogP) is 4.44. The molecular formula is C16H14N2O2S2. The summed E-state index contributed by atoms with van der Waals surface area (Å²) in [6, 6.07) is 7.65. The van der Waals surface area contributed by atoms with Crippen LogP contribution in [0.5, 0.6) is 5.75 Å². The molecule has 22 heavy (non-hydrogen) atoms. The van der Waals surface area contributed by atoms with Crippen molar-refractivity contribution in [2.24, 2.45) is 0 Å². The van der Waals surface area contributed by atoms with Crippen molar-refractivity contribution in [3.8, 4) is 16.3 Å². The average molecular weight is 330 g/mol. The molecule has 112 valence electrons. The van der Waals surface area contributed by atoms with E-state index < -0.39 is 0 Å². The molecule has 1 amide bonds. The molecule has 2 aromatic heterocycles. The second kappa shape index (κ2) is 6.29. The maximum absolute atomic E-state index is 12.4. The maximum Gasteiger partial charge on any atom is 0.275 e. The van der Waals surface area contributed by atoms with Gasteiger partial charge in [0, 0.05) is 16.3 Å². The van der Waals surface area contributed by atoms with Gasteiger partial charge in [0.1, 0.15) is 16.5 Å². The van der Waals surface area contributed by atoms with Gasteiger partial charge in [-0.15, -0.1) is 11.3 Å². The summed E-state index contributed by atoms with van der Waals surface area (Å²) >= 11 is 3.07. The molecular weight excluding hydrogens is 316 g/mol. The molecule has 0 saturated carbocycles. The van der Waals surface area contributed by atoms with Gasteiger partial charge in [-0.05, 0) is 36.1 Å². The summed E-state index contributed by atoms with van der Waals surface area (Å²) < 4.78 is 5.27. The van der Waals surface area contributed by atoms with E-state index in [1.165, 1.54) is 11.3 Å². The number of nitrogens with one attached hydrogen (secondary N) is 1. The number of aromatic nitrogens is 1. The van der Waals surface area contributed by atoms with Crippen molar-refractivity contribution < 1.29 is 9.53 Å². The molecule has 0 aliphatic rings. The number of carbonyl (C=O) groups excluding carboxylic acids is 1. The van der Waals surface area contributed by atoms with Gasteiger partial charge < -0.3 is 10.1 Å². The summed E-state index contributed by atoms with van der Waals surface area (Å²) in [7, 11) is 1.58. The van der Waals surface area contributed by atoms with E-state index in [1.807, 2.05) is 41.9 Å². The van der Waals surface area contributed by atoms with Crippen LogP contribution in [0.15, 0.2) is 40.4 Å². The Kier molecular flexibility index (Phi) is 4.22. The first kappa shape index (κ1) is 14.7. The second-order valence-corrected chi connectivity index (χ2v) is 6.35. The Balaban J connectivity index is 1.82. The molecule has 1 aromatic carbocycles. The largest absolute Gasteiger partial charge is 0.495 e. The Labute approximate surface area is 136 Å². The summed E-state index contributed by atoms with van der Waals surface area (Å²) in [6.07, 6.45) is 0. The number of thiophene rings is 1. The molecule has 2 heterocycles. The van der Waals surface area contributed by atoms with Gasteiger partial charge in [0.2, 0.25) is 0 Å². The van der Waals surface area contributed by atoms with Crippen LogP contribution in [0.4, 0.5) is 5.69 Å². The third-order valence-electron chi connectivity index (χ3n) is 3.11. The molecule has 3 rings (SSSR count). The first-order valence-corrected chi connectivity index (χ1v) is 8.43. The van der Waals surface area contributed by atoms with Gasteiger partial charge in [-0.25, -0.2) is 4.98 Å². The van der Waals surface area contributed by atoms with Crippen LogP contribution in [0.3, 0.4) is 0 Å². The van der Waals surface area contributed by atoms with Crippen LogP contribution < -0.4 is 10.1 Å². The van der Waals surface area contributed by atoms with Crippen molar-refractivity contribution in [1.82, 2.24) is 4.98 Å². The number of hydrogen-bond donors (Lipinski definition) is 1. The Morgan fingerprint density at radius 3 is 2.86 bits per heavy atom. The van der Waals surface area contributed by atoms with Crippen LogP contribution in [-0.4, -0.2) is 18.0 Å². The van der Waals surface area contributed by atoms with Crippen molar-refractivity contribution in [1.29, 1.82) is 0 Å². The standard InChI is InChI=1S/C16H14N2O2S2/c1-10-3-4-14(20-2)12(7-10)17-15(19)13-9-22-16(18-13)11-5-6-21-8-11/h3-9H,1-2H3,(H,17,19). The quantitative estimate of drug-likeness (QED) is 0.769. The van der Waals surface area contributed by atoms with E-state index in [0.717, 1.165) is 16.1 Å². The molecule has 4 nitrogen and oxygen atoms in total. The number of ether oxygens (including phenoxy) is 1. The summed E-state index contributed by atoms with van der Waals surface area (Å²) in [5, 5.41) is 9.49. The first-order chi connectivity index (χ1) is 10.7. The number of hydrogen-bond acceptors (Lipinski definition) is 5. The summed E-state index contributed by atoms with van der Waals surface area (Å²) in [5.74, 6) is 0.397. The maximum atomic E-state index is 12.4. The SMILES string of the molecule is COc1ccc(C)cc1NC(=O)c1csc(-c2ccsc2)n1. The van der Waals surface area contributed by atoms with Gasteiger partial charge in [-0.3, -0.25) is 4.79 Å². The average Bonchev–Trinajstić information content (AvgIpc) is 3.18. The van der Waals surface area contributed by atoms with E-state index in [-0.39, 0.29) is 5.91 Å². The minimum absolute atomic E-state index is 0.235. The van der Waals surface area contributed by atoms with Crippen LogP contribution >= 0.6 is 22.7 Å². The van der Waals surface area contributed by atoms with Crippen LogP contribution in [0.1, 0.15) is 16.1 Å². The minimum atomic E-state index is -0.235. The zero-order valence-corrected chi connectivity index (χ0v) is 13.8. The smallest absolute Gasteiger partial charge is 0.275 e. The Hall–Kier alpha value is -2.18. The van der Waals surface area contributed by atoms with Crippen LogP contribution in [0, 0.1) is 6.92 Å². The molecule has 0 aliphatic heterocycles. The lowest BCUT2D eigenvalue weighted by molar-refractivity contribution is 0.102. The molecule has 0 fully saturated rings. The summed E-state index contributed by atoms with van der Waals surface area (Å²) in [6.45, 7) is 1.96. The highest BCUT2D eigenvalue weighted by Gasteiger charge is 2.14. The monoisotopic (exact) mass is 330 g/mol. The molecule has 0 spiro atoms. The topological polar surface area (TPSA) is 51.2 Å². The number of nitrogens with zero attached hydrogens (tertiary/aromatic N) is 1. The highest BCUT2D eigenvalue weighted by Crippen LogP contribution is 2.28. The van der Waals surface area contributed by atoms with Gasteiger partial charge in [-0.2, -0.15) is 11.3 Å². The van der Waals surface area contributed by atoms with E-state index in [1.54, 1.807) is 23.8 Å². The van der Waals surface area contributed by atoms with E-state index in [4.69, 9.17) is 4.74 Å². The second-order valence-electron chi connectivity index (χ2n) is 4.71. The highest BCUT2D eigenvalue weighted by molar-refractivity contribution is 7.14. The first-order valence-electron chi connectivity index (χ1n) is 6.61. The van der Waals surface area contributed by atoms with Crippen LogP contribution in [0.2, 0.25) is 0 Å². The molecule has 0 bridgehead atoms. The molecule has 0 saturated heterocycles. The van der Waals surface area contributed by atoms with Crippen molar-refractivity contribution >= 4 is 34.3 Å². The number of rotatable bonds is 4. The number of aryl methyl sites for hydroxylation is 1. The predicted molar refractivity (Wildman–Crippen MR) is 91.1 cm³/mol. The third-order valence-corrected chi connectivity index (χ3v) is 4.68. The summed E-state index contributed by atoms with van der Waals surface area (Å²) in [4.78, 5) is 16.8. The van der Waals surface area contributed by atoms with Crippen molar-refractivity contribution in [2.75, 3.05) is 12.4 Å². The molecule has 6 heteroatoms. The zero-order chi connectivity index (χ0) is 15.5. The number of benzene rings is 1. The summed E-state index contributed by atoms with van der Waals surface area (Å²) in [5.41, 5.74) is 3.16. The molecule has 0 unspecified atom stereocenters. The van der Waals surface area contributed by atoms with Crippen LogP contribution in [0.25, 0.3) is 10.6 Å². The lowest BCUT2D eigenvalue weighted by Gasteiger charge is -2.10.